The van der Waals surface area contributed by atoms with Crippen LogP contribution in [0.25, 0.3) is 5.69 Å². The lowest BCUT2D eigenvalue weighted by Crippen LogP contribution is -2.47. The summed E-state index contributed by atoms with van der Waals surface area (Å²) in [6.07, 6.45) is 7.09. The molecule has 0 radical (unpaired) electrons. The van der Waals surface area contributed by atoms with Crippen molar-refractivity contribution in [1.29, 1.82) is 0 Å². The molecule has 4 heterocycles. The van der Waals surface area contributed by atoms with Crippen LogP contribution >= 0.6 is 0 Å². The van der Waals surface area contributed by atoms with E-state index in [0.717, 1.165) is 32.5 Å². The number of hydrogen-bond donors (Lipinski definition) is 4. The van der Waals surface area contributed by atoms with Gasteiger partial charge in [0.2, 0.25) is 0 Å². The van der Waals surface area contributed by atoms with Crippen molar-refractivity contribution in [3.8, 4) is 5.69 Å². The van der Waals surface area contributed by atoms with Gasteiger partial charge in [0.15, 0.2) is 9.84 Å². The summed E-state index contributed by atoms with van der Waals surface area (Å²) in [6.45, 7) is 7.89. The van der Waals surface area contributed by atoms with Gasteiger partial charge in [-0.15, -0.1) is 0 Å². The predicted octanol–water partition coefficient (Wildman–Crippen LogP) is 3.61. The molecule has 0 atom stereocenters. The van der Waals surface area contributed by atoms with Crippen molar-refractivity contribution < 1.29 is 27.1 Å². The maximum absolute atomic E-state index is 15.7. The second-order valence-corrected chi connectivity index (χ2v) is 15.8. The first kappa shape index (κ1) is 31.8. The van der Waals surface area contributed by atoms with Gasteiger partial charge in [0.1, 0.15) is 5.82 Å². The number of hydrogen-bond acceptors (Lipinski definition) is 7. The van der Waals surface area contributed by atoms with Gasteiger partial charge in [-0.3, -0.25) is 4.79 Å². The van der Waals surface area contributed by atoms with Crippen LogP contribution in [-0.4, -0.2) is 73.8 Å². The van der Waals surface area contributed by atoms with Gasteiger partial charge in [-0.05, 0) is 75.6 Å². The Morgan fingerprint density at radius 2 is 1.76 bits per heavy atom. The minimum atomic E-state index is -3.57. The molecule has 246 valence electrons. The Bertz CT molecular complexity index is 1570. The molecule has 1 aromatic carbocycles. The van der Waals surface area contributed by atoms with E-state index in [1.165, 1.54) is 25.3 Å². The standard InChI is InChI=1S/C32H45FN6O5S/c1-32(2)16-26-29(45(42,43)19-32)23-17-44-18-27(23)39(26)22-14-24(33)28(30(34)40)25(15-22)36-20-6-8-21(9-7-20)37-31(41)35-10-13-38-11-4-3-5-12-38/h14-15,20-21,36H,3-13,16-19H2,1-2H3,(H2,34,40)(H2,35,37,41)/t20-,21-. The number of nitrogens with zero attached hydrogens (tertiary/aromatic N) is 2. The molecular weight excluding hydrogens is 599 g/mol. The highest BCUT2D eigenvalue weighted by Gasteiger charge is 2.43. The zero-order chi connectivity index (χ0) is 31.9. The van der Waals surface area contributed by atoms with Gasteiger partial charge in [-0.25, -0.2) is 17.6 Å². The number of rotatable bonds is 8. The smallest absolute Gasteiger partial charge is 0.315 e. The summed E-state index contributed by atoms with van der Waals surface area (Å²) < 4.78 is 49.9. The number of piperidine rings is 1. The molecule has 5 N–H and O–H groups in total. The van der Waals surface area contributed by atoms with Crippen molar-refractivity contribution >= 4 is 27.5 Å². The molecule has 4 aliphatic rings. The van der Waals surface area contributed by atoms with E-state index in [1.807, 2.05) is 13.8 Å². The number of carbonyl (C=O) groups excluding carboxylic acids is 2. The van der Waals surface area contributed by atoms with E-state index in [9.17, 15) is 18.0 Å². The maximum Gasteiger partial charge on any atom is 0.315 e. The summed E-state index contributed by atoms with van der Waals surface area (Å²) in [5.41, 5.74) is 7.57. The highest BCUT2D eigenvalue weighted by Crippen LogP contribution is 2.44. The minimum Gasteiger partial charge on any atom is -0.382 e. The molecular formula is C32H45FN6O5S. The van der Waals surface area contributed by atoms with Crippen LogP contribution in [0, 0.1) is 11.2 Å². The molecule has 6 rings (SSSR count). The molecule has 1 aliphatic carbocycles. The first-order valence-electron chi connectivity index (χ1n) is 16.1. The SMILES string of the molecule is CC1(C)Cc2c(c3c(n2-c2cc(F)c(C(N)=O)c(N[C@H]4CC[C@H](NC(=O)NCCN5CCCCC5)CC4)c2)COC3)S(=O)(=O)C1. The minimum absolute atomic E-state index is 0.0241. The van der Waals surface area contributed by atoms with Gasteiger partial charge in [-0.1, -0.05) is 20.3 Å². The molecule has 3 aliphatic heterocycles. The molecule has 1 saturated heterocycles. The lowest BCUT2D eigenvalue weighted by atomic mass is 9.89. The summed E-state index contributed by atoms with van der Waals surface area (Å²) >= 11 is 0. The first-order valence-corrected chi connectivity index (χ1v) is 17.8. The van der Waals surface area contributed by atoms with Crippen molar-refractivity contribution in [3.63, 3.8) is 0 Å². The summed E-state index contributed by atoms with van der Waals surface area (Å²) in [5, 5.41) is 9.41. The third-order valence-corrected chi connectivity index (χ3v) is 11.9. The zero-order valence-electron chi connectivity index (χ0n) is 26.2. The number of ether oxygens (including phenoxy) is 1. The van der Waals surface area contributed by atoms with E-state index in [-0.39, 0.29) is 48.3 Å². The van der Waals surface area contributed by atoms with Gasteiger partial charge in [0.25, 0.3) is 5.91 Å². The van der Waals surface area contributed by atoms with Crippen LogP contribution in [0.4, 0.5) is 14.9 Å². The molecule has 1 saturated carbocycles. The predicted molar refractivity (Wildman–Crippen MR) is 169 cm³/mol. The number of carbonyl (C=O) groups is 2. The van der Waals surface area contributed by atoms with Gasteiger partial charge >= 0.3 is 6.03 Å². The van der Waals surface area contributed by atoms with Crippen molar-refractivity contribution in [3.05, 3.63) is 40.5 Å². The van der Waals surface area contributed by atoms with E-state index in [0.29, 0.717) is 53.3 Å². The van der Waals surface area contributed by atoms with E-state index in [1.54, 1.807) is 10.6 Å². The Balaban J connectivity index is 1.17. The number of halogens is 1. The van der Waals surface area contributed by atoms with Crippen molar-refractivity contribution in [2.45, 2.75) is 95.4 Å². The van der Waals surface area contributed by atoms with Crippen molar-refractivity contribution in [2.24, 2.45) is 11.1 Å². The number of aromatic nitrogens is 1. The molecule has 45 heavy (non-hydrogen) atoms. The van der Waals surface area contributed by atoms with E-state index >= 15 is 4.39 Å². The first-order chi connectivity index (χ1) is 21.4. The lowest BCUT2D eigenvalue weighted by Gasteiger charge is -2.32. The Morgan fingerprint density at radius 3 is 2.47 bits per heavy atom. The Hall–Kier alpha value is -3.16. The number of sulfone groups is 1. The molecule has 3 amide bonds. The summed E-state index contributed by atoms with van der Waals surface area (Å²) in [6, 6.07) is 2.74. The average molecular weight is 645 g/mol. The normalized spacial score (nSPS) is 24.0. The highest BCUT2D eigenvalue weighted by molar-refractivity contribution is 7.91. The quantitative estimate of drug-likeness (QED) is 0.343. The molecule has 0 bridgehead atoms. The Labute approximate surface area is 264 Å². The van der Waals surface area contributed by atoms with Gasteiger partial charge < -0.3 is 35.9 Å². The van der Waals surface area contributed by atoms with Gasteiger partial charge in [-0.2, -0.15) is 0 Å². The molecule has 2 aromatic rings. The number of urea groups is 1. The maximum atomic E-state index is 15.7. The Morgan fingerprint density at radius 1 is 1.04 bits per heavy atom. The molecule has 11 nitrogen and oxygen atoms in total. The van der Waals surface area contributed by atoms with E-state index in [2.05, 4.69) is 20.9 Å². The lowest BCUT2D eigenvalue weighted by molar-refractivity contribution is 0.0997. The largest absolute Gasteiger partial charge is 0.382 e. The second kappa shape index (κ2) is 12.6. The number of amides is 3. The average Bonchev–Trinajstić information content (AvgIpc) is 3.53. The summed E-state index contributed by atoms with van der Waals surface area (Å²) in [4.78, 5) is 27.6. The van der Waals surface area contributed by atoms with Crippen LogP contribution in [0.2, 0.25) is 0 Å². The fraction of sp³-hybridized carbons (Fsp3) is 0.625. The molecule has 0 spiro atoms. The molecule has 1 aromatic heterocycles. The summed E-state index contributed by atoms with van der Waals surface area (Å²) in [7, 11) is -3.57. The second-order valence-electron chi connectivity index (χ2n) is 13.8. The monoisotopic (exact) mass is 644 g/mol. The highest BCUT2D eigenvalue weighted by atomic mass is 32.2. The number of nitrogens with one attached hydrogen (secondary N) is 3. The molecule has 13 heteroatoms. The van der Waals surface area contributed by atoms with E-state index in [4.69, 9.17) is 10.5 Å². The number of benzene rings is 1. The number of fused-ring (bicyclic) bond motifs is 3. The van der Waals surface area contributed by atoms with Crippen LogP contribution in [0.3, 0.4) is 0 Å². The van der Waals surface area contributed by atoms with Crippen LogP contribution in [0.5, 0.6) is 0 Å². The van der Waals surface area contributed by atoms with Crippen molar-refractivity contribution in [2.75, 3.05) is 37.2 Å². The van der Waals surface area contributed by atoms with Gasteiger partial charge in [0, 0.05) is 36.4 Å². The fourth-order valence-corrected chi connectivity index (χ4v) is 9.97. The summed E-state index contributed by atoms with van der Waals surface area (Å²) in [5.74, 6) is -1.62. The van der Waals surface area contributed by atoms with Crippen LogP contribution in [0.1, 0.15) is 86.1 Å². The van der Waals surface area contributed by atoms with E-state index < -0.39 is 27.0 Å². The van der Waals surface area contributed by atoms with Crippen molar-refractivity contribution in [1.82, 2.24) is 20.1 Å². The number of likely N-dealkylation sites (tertiary alicyclic amines) is 1. The fourth-order valence-electron chi connectivity index (χ4n) is 7.62. The zero-order valence-corrected chi connectivity index (χ0v) is 27.0. The molecule has 0 unspecified atom stereocenters. The topological polar surface area (TPSA) is 148 Å². The third-order valence-electron chi connectivity index (χ3n) is 9.61. The molecule has 2 fully saturated rings. The van der Waals surface area contributed by atoms with Crippen LogP contribution in [0.15, 0.2) is 17.0 Å². The third kappa shape index (κ3) is 6.71. The van der Waals surface area contributed by atoms with Crippen LogP contribution in [-0.2, 0) is 34.2 Å². The number of anilines is 1. The van der Waals surface area contributed by atoms with Gasteiger partial charge in [0.05, 0.1) is 46.5 Å². The van der Waals surface area contributed by atoms with Crippen LogP contribution < -0.4 is 21.7 Å². The number of nitrogens with two attached hydrogens (primary N) is 1. The number of primary amides is 1. The Kier molecular flexibility index (Phi) is 8.88.